The molecule has 2 aliphatic rings. The molecule has 2 N–H and O–H groups in total. The summed E-state index contributed by atoms with van der Waals surface area (Å²) < 4.78 is 11.8. The number of rotatable bonds is 7. The second-order valence-electron chi connectivity index (χ2n) is 9.11. The molecule has 2 aromatic carbocycles. The number of ether oxygens (including phenoxy) is 2. The summed E-state index contributed by atoms with van der Waals surface area (Å²) in [5.41, 5.74) is 4.07. The molecule has 0 amide bonds. The zero-order valence-electron chi connectivity index (χ0n) is 18.9. The molecule has 2 unspecified atom stereocenters. The Morgan fingerprint density at radius 1 is 1.31 bits per heavy atom. The average molecular weight is 436 g/mol. The van der Waals surface area contributed by atoms with Gasteiger partial charge in [-0.15, -0.1) is 0 Å². The Kier molecular flexibility index (Phi) is 6.09. The normalized spacial score (nSPS) is 19.7. The first-order valence-electron chi connectivity index (χ1n) is 10.9. The largest absolute Gasteiger partial charge is 0.502 e. The summed E-state index contributed by atoms with van der Waals surface area (Å²) in [7, 11) is 0. The predicted molar refractivity (Wildman–Crippen MR) is 122 cm³/mol. The third-order valence-electron chi connectivity index (χ3n) is 5.65. The Bertz CT molecular complexity index is 1070. The molecule has 0 radical (unpaired) electrons. The van der Waals surface area contributed by atoms with Gasteiger partial charge in [-0.2, -0.15) is 0 Å². The van der Waals surface area contributed by atoms with Crippen LogP contribution in [0.3, 0.4) is 0 Å². The predicted octanol–water partition coefficient (Wildman–Crippen LogP) is 4.78. The lowest BCUT2D eigenvalue weighted by molar-refractivity contribution is -0.0498. The van der Waals surface area contributed by atoms with Crippen molar-refractivity contribution in [2.75, 3.05) is 6.61 Å². The van der Waals surface area contributed by atoms with Gasteiger partial charge in [-0.3, -0.25) is 0 Å². The summed E-state index contributed by atoms with van der Waals surface area (Å²) >= 11 is 0. The maximum atomic E-state index is 9.62. The van der Waals surface area contributed by atoms with E-state index in [1.54, 1.807) is 12.1 Å². The van der Waals surface area contributed by atoms with Crippen molar-refractivity contribution in [3.8, 4) is 5.75 Å². The second kappa shape index (κ2) is 8.81. The third kappa shape index (κ3) is 4.43. The number of benzene rings is 2. The molecule has 7 nitrogen and oxygen atoms in total. The van der Waals surface area contributed by atoms with Crippen LogP contribution in [0.2, 0.25) is 0 Å². The molecular formula is C25H29N3O4. The first-order valence-corrected chi connectivity index (χ1v) is 10.9. The van der Waals surface area contributed by atoms with Gasteiger partial charge >= 0.3 is 0 Å². The topological polar surface area (TPSA) is 76.7 Å². The van der Waals surface area contributed by atoms with Crippen LogP contribution in [0.1, 0.15) is 68.7 Å². The zero-order chi connectivity index (χ0) is 22.9. The standard InChI is InChI=1S/C25H29N3O4/c1-15(2)30-22-12-9-16(13-21(22)26-5)24-31-23(28-32-24)19-8-6-7-18-17(19)10-11-20(18)27-25(3,4)14-29/h6-9,12-13,15,20,24,27,29H,10-11,14H2,1-4H3. The highest BCUT2D eigenvalue weighted by Crippen LogP contribution is 2.38. The van der Waals surface area contributed by atoms with Crippen molar-refractivity contribution < 1.29 is 19.4 Å². The lowest BCUT2D eigenvalue weighted by Crippen LogP contribution is -2.44. The van der Waals surface area contributed by atoms with E-state index in [9.17, 15) is 5.11 Å². The number of aliphatic hydroxyl groups is 1. The number of oxime groups is 1. The minimum absolute atomic E-state index is 0.0169. The third-order valence-corrected chi connectivity index (χ3v) is 5.65. The Hall–Kier alpha value is -3.08. The zero-order valence-corrected chi connectivity index (χ0v) is 18.9. The van der Waals surface area contributed by atoms with Crippen molar-refractivity contribution in [2.24, 2.45) is 5.16 Å². The second-order valence-corrected chi connectivity index (χ2v) is 9.11. The van der Waals surface area contributed by atoms with Gasteiger partial charge in [0, 0.05) is 22.7 Å². The Morgan fingerprint density at radius 2 is 2.12 bits per heavy atom. The van der Waals surface area contributed by atoms with Crippen molar-refractivity contribution in [3.63, 3.8) is 0 Å². The maximum absolute atomic E-state index is 9.62. The van der Waals surface area contributed by atoms with E-state index in [2.05, 4.69) is 21.4 Å². The first kappa shape index (κ1) is 22.1. The Balaban J connectivity index is 1.53. The van der Waals surface area contributed by atoms with Crippen LogP contribution in [-0.2, 0) is 16.0 Å². The van der Waals surface area contributed by atoms with Gasteiger partial charge in [0.2, 0.25) is 5.69 Å². The maximum Gasteiger partial charge on any atom is 0.292 e. The fourth-order valence-corrected chi connectivity index (χ4v) is 4.13. The molecule has 1 heterocycles. The molecule has 32 heavy (non-hydrogen) atoms. The number of aliphatic hydroxyl groups excluding tert-OH is 1. The van der Waals surface area contributed by atoms with Crippen LogP contribution in [0.5, 0.6) is 5.75 Å². The fraction of sp³-hybridized carbons (Fsp3) is 0.440. The summed E-state index contributed by atoms with van der Waals surface area (Å²) in [5.74, 6) is 0.990. The van der Waals surface area contributed by atoms with Gasteiger partial charge in [0.05, 0.1) is 19.3 Å². The minimum atomic E-state index is -0.710. The highest BCUT2D eigenvalue weighted by atomic mass is 16.8. The molecule has 0 saturated heterocycles. The molecule has 0 bridgehead atoms. The molecular weight excluding hydrogens is 406 g/mol. The summed E-state index contributed by atoms with van der Waals surface area (Å²) in [6, 6.07) is 11.6. The van der Waals surface area contributed by atoms with Crippen molar-refractivity contribution in [3.05, 3.63) is 70.1 Å². The van der Waals surface area contributed by atoms with E-state index in [0.717, 1.165) is 18.4 Å². The minimum Gasteiger partial charge on any atom is -0.502 e. The van der Waals surface area contributed by atoms with Crippen LogP contribution in [0.4, 0.5) is 5.69 Å². The lowest BCUT2D eigenvalue weighted by Gasteiger charge is -2.28. The van der Waals surface area contributed by atoms with Crippen molar-refractivity contribution in [1.29, 1.82) is 0 Å². The molecule has 1 aliphatic heterocycles. The Labute approximate surface area is 188 Å². The summed E-state index contributed by atoms with van der Waals surface area (Å²) in [5, 5.41) is 17.4. The molecule has 0 aromatic heterocycles. The van der Waals surface area contributed by atoms with Crippen LogP contribution in [0, 0.1) is 6.57 Å². The van der Waals surface area contributed by atoms with Gasteiger partial charge in [-0.25, -0.2) is 4.85 Å². The highest BCUT2D eigenvalue weighted by Gasteiger charge is 2.33. The summed E-state index contributed by atoms with van der Waals surface area (Å²) in [6.45, 7) is 15.4. The highest BCUT2D eigenvalue weighted by molar-refractivity contribution is 5.96. The molecule has 0 saturated carbocycles. The van der Waals surface area contributed by atoms with Crippen molar-refractivity contribution >= 4 is 11.6 Å². The van der Waals surface area contributed by atoms with Gasteiger partial charge in [-0.1, -0.05) is 18.2 Å². The van der Waals surface area contributed by atoms with Crippen LogP contribution < -0.4 is 10.1 Å². The quantitative estimate of drug-likeness (QED) is 0.612. The molecule has 7 heteroatoms. The van der Waals surface area contributed by atoms with E-state index in [1.165, 1.54) is 11.1 Å². The van der Waals surface area contributed by atoms with E-state index >= 15 is 0 Å². The van der Waals surface area contributed by atoms with Gasteiger partial charge in [-0.05, 0) is 75.0 Å². The van der Waals surface area contributed by atoms with Gasteiger partial charge in [0.1, 0.15) is 5.75 Å². The molecule has 2 aromatic rings. The van der Waals surface area contributed by atoms with E-state index < -0.39 is 6.29 Å². The summed E-state index contributed by atoms with van der Waals surface area (Å²) in [4.78, 5) is 9.16. The molecule has 0 spiro atoms. The van der Waals surface area contributed by atoms with Crippen molar-refractivity contribution in [1.82, 2.24) is 5.32 Å². The summed E-state index contributed by atoms with van der Waals surface area (Å²) in [6.07, 6.45) is 1.11. The lowest BCUT2D eigenvalue weighted by atomic mass is 9.99. The van der Waals surface area contributed by atoms with E-state index in [4.69, 9.17) is 20.9 Å². The van der Waals surface area contributed by atoms with Crippen LogP contribution in [-0.4, -0.2) is 29.3 Å². The number of hydrogen-bond acceptors (Lipinski definition) is 6. The monoisotopic (exact) mass is 435 g/mol. The van der Waals surface area contributed by atoms with E-state index in [1.807, 2.05) is 45.9 Å². The molecule has 168 valence electrons. The Morgan fingerprint density at radius 3 is 2.84 bits per heavy atom. The smallest absolute Gasteiger partial charge is 0.292 e. The molecule has 0 fully saturated rings. The fourth-order valence-electron chi connectivity index (χ4n) is 4.13. The van der Waals surface area contributed by atoms with Crippen LogP contribution in [0.25, 0.3) is 4.85 Å². The van der Waals surface area contributed by atoms with E-state index in [-0.39, 0.29) is 24.3 Å². The number of nitrogens with one attached hydrogen (secondary N) is 1. The molecule has 2 atom stereocenters. The molecule has 1 aliphatic carbocycles. The first-order chi connectivity index (χ1) is 15.3. The average Bonchev–Trinajstić information content (AvgIpc) is 3.41. The van der Waals surface area contributed by atoms with Crippen LogP contribution >= 0.6 is 0 Å². The number of fused-ring (bicyclic) bond motifs is 1. The SMILES string of the molecule is [C-]#[N+]c1cc(C2ON=C(c3cccc4c3CCC4NC(C)(C)CO)O2)ccc1OC(C)C. The van der Waals surface area contributed by atoms with E-state index in [0.29, 0.717) is 22.9 Å². The number of nitrogens with zero attached hydrogens (tertiary/aromatic N) is 2. The molecule has 4 rings (SSSR count). The number of hydrogen-bond donors (Lipinski definition) is 2. The van der Waals surface area contributed by atoms with Gasteiger partial charge < -0.3 is 24.7 Å². The van der Waals surface area contributed by atoms with Gasteiger partial charge in [0.15, 0.2) is 0 Å². The van der Waals surface area contributed by atoms with Crippen LogP contribution in [0.15, 0.2) is 41.6 Å². The van der Waals surface area contributed by atoms with Gasteiger partial charge in [0.25, 0.3) is 12.2 Å². The van der Waals surface area contributed by atoms with Crippen molar-refractivity contribution in [2.45, 2.75) is 64.5 Å².